The number of rotatable bonds is 3. The average Bonchev–Trinajstić information content (AvgIpc) is 2.28. The third kappa shape index (κ3) is 2.62. The molecule has 0 fully saturated rings. The number of aromatic nitrogens is 1. The number of hydrogen-bond donors (Lipinski definition) is 0. The highest BCUT2D eigenvalue weighted by molar-refractivity contribution is 5.94. The highest BCUT2D eigenvalue weighted by atomic mass is 16.1. The van der Waals surface area contributed by atoms with Crippen molar-refractivity contribution >= 4 is 5.78 Å². The van der Waals surface area contributed by atoms with Crippen LogP contribution in [0, 0.1) is 22.7 Å². The van der Waals surface area contributed by atoms with Crippen molar-refractivity contribution in [2.75, 3.05) is 0 Å². The number of carbonyl (C=O) groups is 1. The summed E-state index contributed by atoms with van der Waals surface area (Å²) in [4.78, 5) is 15.4. The zero-order chi connectivity index (χ0) is 11.3. The number of Topliss-reactive ketones (excluding diaryl/α,β-unsaturated/α-hetero) is 1. The lowest BCUT2D eigenvalue weighted by Gasteiger charge is -1.99. The summed E-state index contributed by atoms with van der Waals surface area (Å²) in [5.74, 6) is -0.133. The molecule has 0 unspecified atom stereocenters. The first-order valence-electron chi connectivity index (χ1n) is 4.56. The van der Waals surface area contributed by atoms with E-state index < -0.39 is 0 Å². The summed E-state index contributed by atoms with van der Waals surface area (Å²) in [5, 5.41) is 17.4. The highest BCUT2D eigenvalue weighted by Crippen LogP contribution is 2.08. The number of nitrogens with zero attached hydrogens (tertiary/aromatic N) is 3. The zero-order valence-corrected chi connectivity index (χ0v) is 8.32. The van der Waals surface area contributed by atoms with Crippen LogP contribution in [0.4, 0.5) is 0 Å². The molecule has 4 heteroatoms. The van der Waals surface area contributed by atoms with E-state index in [2.05, 4.69) is 4.98 Å². The fourth-order valence-electron chi connectivity index (χ4n) is 1.15. The van der Waals surface area contributed by atoms with E-state index in [-0.39, 0.29) is 17.2 Å². The summed E-state index contributed by atoms with van der Waals surface area (Å²) in [6, 6.07) is 6.50. The van der Waals surface area contributed by atoms with Crippen LogP contribution in [0.15, 0.2) is 12.1 Å². The summed E-state index contributed by atoms with van der Waals surface area (Å²) in [5.41, 5.74) is 0.599. The normalized spacial score (nSPS) is 9.00. The molecule has 0 aliphatic rings. The monoisotopic (exact) mass is 199 g/mol. The standard InChI is InChI=1S/C11H9N3O/c1-2-3-11(15)10-5-8(6-12)4-9(7-13)14-10/h4-5H,2-3H2,1H3. The summed E-state index contributed by atoms with van der Waals surface area (Å²) in [6.07, 6.45) is 1.10. The molecule has 0 aliphatic carbocycles. The van der Waals surface area contributed by atoms with Crippen LogP contribution in [0.3, 0.4) is 0 Å². The third-order valence-corrected chi connectivity index (χ3v) is 1.83. The zero-order valence-electron chi connectivity index (χ0n) is 8.32. The van der Waals surface area contributed by atoms with Gasteiger partial charge >= 0.3 is 0 Å². The van der Waals surface area contributed by atoms with Gasteiger partial charge in [0.1, 0.15) is 17.5 Å². The van der Waals surface area contributed by atoms with Crippen LogP contribution in [-0.2, 0) is 0 Å². The minimum Gasteiger partial charge on any atom is -0.292 e. The molecule has 0 spiro atoms. The molecule has 0 aromatic carbocycles. The number of hydrogen-bond acceptors (Lipinski definition) is 4. The van der Waals surface area contributed by atoms with Crippen molar-refractivity contribution in [1.82, 2.24) is 4.98 Å². The Morgan fingerprint density at radius 2 is 2.13 bits per heavy atom. The van der Waals surface area contributed by atoms with Crippen LogP contribution in [0.2, 0.25) is 0 Å². The largest absolute Gasteiger partial charge is 0.292 e. The number of ketones is 1. The molecule has 0 bridgehead atoms. The Morgan fingerprint density at radius 3 is 2.67 bits per heavy atom. The predicted octanol–water partition coefficient (Wildman–Crippen LogP) is 1.81. The van der Waals surface area contributed by atoms with Crippen molar-refractivity contribution in [2.24, 2.45) is 0 Å². The average molecular weight is 199 g/mol. The second-order valence-electron chi connectivity index (χ2n) is 3.02. The molecule has 0 N–H and O–H groups in total. The van der Waals surface area contributed by atoms with Crippen molar-refractivity contribution in [1.29, 1.82) is 10.5 Å². The fourth-order valence-corrected chi connectivity index (χ4v) is 1.15. The Kier molecular flexibility index (Phi) is 3.54. The summed E-state index contributed by atoms with van der Waals surface area (Å²) in [6.45, 7) is 1.89. The van der Waals surface area contributed by atoms with E-state index in [9.17, 15) is 4.79 Å². The molecule has 0 aliphatic heterocycles. The van der Waals surface area contributed by atoms with E-state index in [1.54, 1.807) is 0 Å². The van der Waals surface area contributed by atoms with E-state index in [0.717, 1.165) is 6.42 Å². The van der Waals surface area contributed by atoms with Crippen molar-refractivity contribution in [3.05, 3.63) is 29.1 Å². The van der Waals surface area contributed by atoms with Crippen LogP contribution >= 0.6 is 0 Å². The van der Waals surface area contributed by atoms with Gasteiger partial charge in [-0.25, -0.2) is 4.98 Å². The smallest absolute Gasteiger partial charge is 0.181 e. The molecule has 0 saturated heterocycles. The van der Waals surface area contributed by atoms with Gasteiger partial charge in [0.15, 0.2) is 5.78 Å². The van der Waals surface area contributed by atoms with Gasteiger partial charge < -0.3 is 0 Å². The van der Waals surface area contributed by atoms with Crippen molar-refractivity contribution < 1.29 is 4.79 Å². The van der Waals surface area contributed by atoms with Gasteiger partial charge in [-0.15, -0.1) is 0 Å². The van der Waals surface area contributed by atoms with Crippen LogP contribution in [-0.4, -0.2) is 10.8 Å². The molecular weight excluding hydrogens is 190 g/mol. The molecule has 1 heterocycles. The molecule has 1 aromatic rings. The lowest BCUT2D eigenvalue weighted by molar-refractivity contribution is 0.0977. The summed E-state index contributed by atoms with van der Waals surface area (Å²) in [7, 11) is 0. The van der Waals surface area contributed by atoms with Crippen LogP contribution in [0.5, 0.6) is 0 Å². The van der Waals surface area contributed by atoms with Gasteiger partial charge in [0, 0.05) is 6.42 Å². The summed E-state index contributed by atoms with van der Waals surface area (Å²) >= 11 is 0. The Balaban J connectivity index is 3.15. The van der Waals surface area contributed by atoms with E-state index in [1.165, 1.54) is 12.1 Å². The molecule has 1 aromatic heterocycles. The Bertz CT molecular complexity index is 433. The molecule has 15 heavy (non-hydrogen) atoms. The maximum absolute atomic E-state index is 11.5. The quantitative estimate of drug-likeness (QED) is 0.695. The van der Waals surface area contributed by atoms with Gasteiger partial charge in [-0.1, -0.05) is 6.92 Å². The van der Waals surface area contributed by atoms with E-state index in [0.29, 0.717) is 12.0 Å². The Hall–Kier alpha value is -2.20. The van der Waals surface area contributed by atoms with E-state index >= 15 is 0 Å². The molecule has 0 atom stereocenters. The SMILES string of the molecule is CCCC(=O)c1cc(C#N)cc(C#N)n1. The van der Waals surface area contributed by atoms with Crippen molar-refractivity contribution in [2.45, 2.75) is 19.8 Å². The number of nitriles is 2. The number of pyridine rings is 1. The first kappa shape index (κ1) is 10.9. The molecule has 4 nitrogen and oxygen atoms in total. The van der Waals surface area contributed by atoms with Crippen molar-refractivity contribution in [3.63, 3.8) is 0 Å². The summed E-state index contributed by atoms with van der Waals surface area (Å²) < 4.78 is 0. The van der Waals surface area contributed by atoms with Gasteiger partial charge in [0.25, 0.3) is 0 Å². The van der Waals surface area contributed by atoms with Gasteiger partial charge in [0.2, 0.25) is 0 Å². The maximum Gasteiger partial charge on any atom is 0.181 e. The van der Waals surface area contributed by atoms with E-state index in [4.69, 9.17) is 10.5 Å². The molecule has 1 rings (SSSR count). The third-order valence-electron chi connectivity index (χ3n) is 1.83. The minimum atomic E-state index is -0.133. The first-order valence-corrected chi connectivity index (χ1v) is 4.56. The van der Waals surface area contributed by atoms with Crippen LogP contribution in [0.1, 0.15) is 41.5 Å². The fraction of sp³-hybridized carbons (Fsp3) is 0.273. The van der Waals surface area contributed by atoms with Gasteiger partial charge in [-0.3, -0.25) is 4.79 Å². The molecule has 74 valence electrons. The number of carbonyl (C=O) groups excluding carboxylic acids is 1. The predicted molar refractivity (Wildman–Crippen MR) is 52.9 cm³/mol. The highest BCUT2D eigenvalue weighted by Gasteiger charge is 2.09. The second kappa shape index (κ2) is 4.88. The Labute approximate surface area is 87.8 Å². The minimum absolute atomic E-state index is 0.105. The van der Waals surface area contributed by atoms with Crippen LogP contribution < -0.4 is 0 Å². The molecule has 0 amide bonds. The maximum atomic E-state index is 11.5. The van der Waals surface area contributed by atoms with Crippen molar-refractivity contribution in [3.8, 4) is 12.1 Å². The molecule has 0 radical (unpaired) electrons. The van der Waals surface area contributed by atoms with Gasteiger partial charge in [-0.05, 0) is 18.6 Å². The molecular formula is C11H9N3O. The molecule has 0 saturated carbocycles. The van der Waals surface area contributed by atoms with Gasteiger partial charge in [0.05, 0.1) is 11.6 Å². The first-order chi connectivity index (χ1) is 7.21. The topological polar surface area (TPSA) is 77.5 Å². The lowest BCUT2D eigenvalue weighted by Crippen LogP contribution is -2.03. The second-order valence-corrected chi connectivity index (χ2v) is 3.02. The van der Waals surface area contributed by atoms with Crippen LogP contribution in [0.25, 0.3) is 0 Å². The van der Waals surface area contributed by atoms with E-state index in [1.807, 2.05) is 19.1 Å². The van der Waals surface area contributed by atoms with Gasteiger partial charge in [-0.2, -0.15) is 10.5 Å². The Morgan fingerprint density at radius 1 is 1.40 bits per heavy atom. The lowest BCUT2D eigenvalue weighted by atomic mass is 10.1.